The molecule has 140 valence electrons. The van der Waals surface area contributed by atoms with Gasteiger partial charge in [0.15, 0.2) is 0 Å². The number of halogens is 1. The number of amides is 1. The van der Waals surface area contributed by atoms with E-state index in [2.05, 4.69) is 16.9 Å². The summed E-state index contributed by atoms with van der Waals surface area (Å²) in [4.78, 5) is 18.5. The Kier molecular flexibility index (Phi) is 4.14. The molecular weight excluding hydrogens is 337 g/mol. The Morgan fingerprint density at radius 2 is 2.31 bits per heavy atom. The van der Waals surface area contributed by atoms with E-state index in [1.54, 1.807) is 13.1 Å². The minimum atomic E-state index is -1.00. The number of nitrogens with one attached hydrogen (secondary N) is 1. The third-order valence-corrected chi connectivity index (χ3v) is 5.63. The van der Waals surface area contributed by atoms with Crippen LogP contribution in [0.5, 0.6) is 5.88 Å². The molecule has 3 aliphatic rings. The summed E-state index contributed by atoms with van der Waals surface area (Å²) >= 11 is 0. The number of ether oxygens (including phenoxy) is 2. The zero-order valence-electron chi connectivity index (χ0n) is 15.1. The van der Waals surface area contributed by atoms with Crippen molar-refractivity contribution < 1.29 is 18.7 Å². The molecule has 0 spiro atoms. The van der Waals surface area contributed by atoms with Crippen molar-refractivity contribution in [3.8, 4) is 5.88 Å². The molecule has 7 heteroatoms. The Balaban J connectivity index is 1.73. The number of aromatic nitrogens is 1. The highest BCUT2D eigenvalue weighted by Gasteiger charge is 2.54. The van der Waals surface area contributed by atoms with E-state index in [1.165, 1.54) is 4.90 Å². The van der Waals surface area contributed by atoms with Crippen LogP contribution in [0.2, 0.25) is 0 Å². The van der Waals surface area contributed by atoms with E-state index in [0.717, 1.165) is 19.0 Å². The number of hydrogen-bond acceptors (Lipinski definition) is 5. The molecule has 4 rings (SSSR count). The molecule has 0 unspecified atom stereocenters. The summed E-state index contributed by atoms with van der Waals surface area (Å²) in [5.74, 6) is 0.359. The molecule has 1 N–H and O–H groups in total. The van der Waals surface area contributed by atoms with Crippen molar-refractivity contribution in [2.24, 2.45) is 11.8 Å². The highest BCUT2D eigenvalue weighted by Crippen LogP contribution is 2.44. The number of pyridine rings is 1. The molecule has 3 atom stereocenters. The number of hydrogen-bond donors (Lipinski definition) is 1. The van der Waals surface area contributed by atoms with Crippen LogP contribution in [0.1, 0.15) is 31.7 Å². The van der Waals surface area contributed by atoms with Crippen LogP contribution in [0.4, 0.5) is 4.39 Å². The lowest BCUT2D eigenvalue weighted by Gasteiger charge is -2.51. The van der Waals surface area contributed by atoms with Gasteiger partial charge in [-0.15, -0.1) is 0 Å². The standard InChI is InChI=1S/C19H24FN3O3/c1-11-6-15-18(24)23(3)12(2)22-19(15,10-26-11)14-7-17(21-8-16(14)20)25-9-13-4-5-13/h7-8,11,13,15,22H,2,4-6,9-10H2,1,3H3/t11-,15-,19+/m0/s1. The summed E-state index contributed by atoms with van der Waals surface area (Å²) in [6, 6.07) is 1.60. The van der Waals surface area contributed by atoms with Gasteiger partial charge in [-0.25, -0.2) is 9.37 Å². The minimum Gasteiger partial charge on any atom is -0.477 e. The average molecular weight is 361 g/mol. The molecule has 6 nitrogen and oxygen atoms in total. The first kappa shape index (κ1) is 17.3. The van der Waals surface area contributed by atoms with E-state index in [9.17, 15) is 9.18 Å². The monoisotopic (exact) mass is 361 g/mol. The molecule has 1 aromatic rings. The highest BCUT2D eigenvalue weighted by molar-refractivity contribution is 5.83. The molecule has 2 saturated heterocycles. The van der Waals surface area contributed by atoms with Gasteiger partial charge < -0.3 is 19.7 Å². The lowest BCUT2D eigenvalue weighted by Crippen LogP contribution is -2.65. The summed E-state index contributed by atoms with van der Waals surface area (Å²) in [5, 5.41) is 3.26. The SMILES string of the molecule is C=C1N[C@@]2(c3cc(OCC4CC4)ncc3F)CO[C@@H](C)C[C@H]2C(=O)N1C. The van der Waals surface area contributed by atoms with Gasteiger partial charge in [-0.2, -0.15) is 0 Å². The number of carbonyl (C=O) groups excluding carboxylic acids is 1. The first-order valence-electron chi connectivity index (χ1n) is 9.06. The molecule has 3 heterocycles. The summed E-state index contributed by atoms with van der Waals surface area (Å²) in [6.07, 6.45) is 3.91. The van der Waals surface area contributed by atoms with Crippen molar-refractivity contribution in [2.75, 3.05) is 20.3 Å². The second-order valence-corrected chi connectivity index (χ2v) is 7.61. The lowest BCUT2D eigenvalue weighted by atomic mass is 9.72. The first-order chi connectivity index (χ1) is 12.4. The van der Waals surface area contributed by atoms with Gasteiger partial charge in [-0.1, -0.05) is 6.58 Å². The van der Waals surface area contributed by atoms with Crippen molar-refractivity contribution in [2.45, 2.75) is 37.8 Å². The smallest absolute Gasteiger partial charge is 0.233 e. The maximum atomic E-state index is 14.8. The number of fused-ring (bicyclic) bond motifs is 1. The average Bonchev–Trinajstić information content (AvgIpc) is 3.44. The fraction of sp³-hybridized carbons (Fsp3) is 0.579. The Morgan fingerprint density at radius 3 is 3.04 bits per heavy atom. The summed E-state index contributed by atoms with van der Waals surface area (Å²) < 4.78 is 26.4. The van der Waals surface area contributed by atoms with Crippen LogP contribution in [0.15, 0.2) is 24.7 Å². The second kappa shape index (κ2) is 6.23. The normalized spacial score (nSPS) is 31.4. The highest BCUT2D eigenvalue weighted by atomic mass is 19.1. The minimum absolute atomic E-state index is 0.0749. The number of rotatable bonds is 4. The zero-order chi connectivity index (χ0) is 18.5. The maximum Gasteiger partial charge on any atom is 0.233 e. The van der Waals surface area contributed by atoms with Crippen molar-refractivity contribution in [1.29, 1.82) is 0 Å². The van der Waals surface area contributed by atoms with Crippen molar-refractivity contribution in [3.63, 3.8) is 0 Å². The Bertz CT molecular complexity index is 752. The van der Waals surface area contributed by atoms with Gasteiger partial charge in [0.25, 0.3) is 0 Å². The van der Waals surface area contributed by atoms with E-state index in [1.807, 2.05) is 6.92 Å². The predicted octanol–water partition coefficient (Wildman–Crippen LogP) is 2.16. The molecule has 2 aliphatic heterocycles. The summed E-state index contributed by atoms with van der Waals surface area (Å²) in [6.45, 7) is 6.61. The Labute approximate surface area is 152 Å². The lowest BCUT2D eigenvalue weighted by molar-refractivity contribution is -0.153. The maximum absolute atomic E-state index is 14.8. The molecule has 0 radical (unpaired) electrons. The Hall–Kier alpha value is -2.15. The zero-order valence-corrected chi connectivity index (χ0v) is 15.1. The molecule has 26 heavy (non-hydrogen) atoms. The van der Waals surface area contributed by atoms with Crippen molar-refractivity contribution in [3.05, 3.63) is 36.0 Å². The van der Waals surface area contributed by atoms with Crippen LogP contribution in [0.25, 0.3) is 0 Å². The van der Waals surface area contributed by atoms with Crippen LogP contribution < -0.4 is 10.1 Å². The van der Waals surface area contributed by atoms with Gasteiger partial charge in [-0.05, 0) is 32.1 Å². The van der Waals surface area contributed by atoms with E-state index in [-0.39, 0.29) is 18.6 Å². The van der Waals surface area contributed by atoms with E-state index in [0.29, 0.717) is 36.2 Å². The fourth-order valence-electron chi connectivity index (χ4n) is 3.78. The van der Waals surface area contributed by atoms with Gasteiger partial charge in [-0.3, -0.25) is 4.79 Å². The third kappa shape index (κ3) is 2.84. The summed E-state index contributed by atoms with van der Waals surface area (Å²) in [7, 11) is 1.68. The van der Waals surface area contributed by atoms with Gasteiger partial charge in [0.2, 0.25) is 11.8 Å². The van der Waals surface area contributed by atoms with E-state index < -0.39 is 17.3 Å². The van der Waals surface area contributed by atoms with Gasteiger partial charge >= 0.3 is 0 Å². The van der Waals surface area contributed by atoms with Gasteiger partial charge in [0, 0.05) is 18.7 Å². The van der Waals surface area contributed by atoms with Crippen LogP contribution in [-0.2, 0) is 15.1 Å². The van der Waals surface area contributed by atoms with Crippen LogP contribution in [-0.4, -0.2) is 42.2 Å². The van der Waals surface area contributed by atoms with Crippen LogP contribution in [0.3, 0.4) is 0 Å². The number of carbonyl (C=O) groups is 1. The first-order valence-corrected chi connectivity index (χ1v) is 9.06. The van der Waals surface area contributed by atoms with Gasteiger partial charge in [0.05, 0.1) is 31.4 Å². The topological polar surface area (TPSA) is 63.7 Å². The molecule has 1 aliphatic carbocycles. The van der Waals surface area contributed by atoms with Crippen LogP contribution >= 0.6 is 0 Å². The van der Waals surface area contributed by atoms with Crippen molar-refractivity contribution >= 4 is 5.91 Å². The van der Waals surface area contributed by atoms with E-state index in [4.69, 9.17) is 9.47 Å². The van der Waals surface area contributed by atoms with E-state index >= 15 is 0 Å². The Morgan fingerprint density at radius 1 is 1.54 bits per heavy atom. The van der Waals surface area contributed by atoms with Crippen molar-refractivity contribution in [1.82, 2.24) is 15.2 Å². The van der Waals surface area contributed by atoms with Gasteiger partial charge in [0.1, 0.15) is 17.2 Å². The number of nitrogens with zero attached hydrogens (tertiary/aromatic N) is 2. The molecule has 1 saturated carbocycles. The quantitative estimate of drug-likeness (QED) is 0.890. The molecule has 3 fully saturated rings. The molecule has 1 amide bonds. The molecule has 0 bridgehead atoms. The largest absolute Gasteiger partial charge is 0.477 e. The second-order valence-electron chi connectivity index (χ2n) is 7.61. The summed E-state index contributed by atoms with van der Waals surface area (Å²) in [5.41, 5.74) is -0.657. The molecule has 1 aromatic heterocycles. The third-order valence-electron chi connectivity index (χ3n) is 5.63. The molecule has 0 aromatic carbocycles. The fourth-order valence-corrected chi connectivity index (χ4v) is 3.78. The van der Waals surface area contributed by atoms with Crippen LogP contribution in [0, 0.1) is 17.7 Å². The predicted molar refractivity (Wildman–Crippen MR) is 92.7 cm³/mol. The molecular formula is C19H24FN3O3.